The lowest BCUT2D eigenvalue weighted by atomic mass is 9.75. The molecule has 0 aliphatic carbocycles. The number of aromatic nitrogens is 1. The summed E-state index contributed by atoms with van der Waals surface area (Å²) >= 11 is 1.70. The van der Waals surface area contributed by atoms with Crippen LogP contribution < -0.4 is 4.90 Å². The van der Waals surface area contributed by atoms with Gasteiger partial charge in [0.1, 0.15) is 0 Å². The van der Waals surface area contributed by atoms with E-state index in [-0.39, 0.29) is 6.42 Å². The summed E-state index contributed by atoms with van der Waals surface area (Å²) in [5, 5.41) is 2.04. The number of halogens is 2. The lowest BCUT2D eigenvalue weighted by Crippen LogP contribution is -2.56. The van der Waals surface area contributed by atoms with Crippen molar-refractivity contribution in [2.75, 3.05) is 31.1 Å². The van der Waals surface area contributed by atoms with Gasteiger partial charge in [-0.3, -0.25) is 9.88 Å². The molecule has 0 aromatic carbocycles. The van der Waals surface area contributed by atoms with E-state index in [1.165, 1.54) is 4.88 Å². The quantitative estimate of drug-likeness (QED) is 0.838. The number of anilines is 1. The lowest BCUT2D eigenvalue weighted by molar-refractivity contribution is -0.158. The van der Waals surface area contributed by atoms with E-state index in [2.05, 4.69) is 20.9 Å². The maximum atomic E-state index is 14.8. The molecule has 2 aromatic heterocycles. The normalized spacial score (nSPS) is 27.0. The second-order valence-electron chi connectivity index (χ2n) is 6.91. The number of piperidine rings is 1. The highest BCUT2D eigenvalue weighted by Gasteiger charge is 2.59. The van der Waals surface area contributed by atoms with Gasteiger partial charge in [0.2, 0.25) is 0 Å². The largest absolute Gasteiger partial charge is 0.369 e. The van der Waals surface area contributed by atoms with Crippen LogP contribution in [-0.4, -0.2) is 42.0 Å². The van der Waals surface area contributed by atoms with E-state index >= 15 is 0 Å². The third-order valence-electron chi connectivity index (χ3n) is 5.37. The molecule has 0 radical (unpaired) electrons. The molecule has 3 nitrogen and oxygen atoms in total. The van der Waals surface area contributed by atoms with Gasteiger partial charge in [0.15, 0.2) is 0 Å². The highest BCUT2D eigenvalue weighted by Crippen LogP contribution is 2.50. The molecular weight excluding hydrogens is 328 g/mol. The standard InChI is InChI=1S/C18H21F2N3S/c19-18(20)6-8-22(12-16-4-2-10-24-16)13-17(18)5-9-23(14-17)15-3-1-7-21-11-15/h1-4,7,10-11H,5-6,8-9,12-14H2. The Morgan fingerprint density at radius 3 is 2.79 bits per heavy atom. The van der Waals surface area contributed by atoms with Crippen molar-refractivity contribution >= 4 is 17.0 Å². The number of thiophene rings is 1. The zero-order valence-corrected chi connectivity index (χ0v) is 14.3. The van der Waals surface area contributed by atoms with E-state index in [1.54, 1.807) is 23.7 Å². The minimum absolute atomic E-state index is 0.0424. The van der Waals surface area contributed by atoms with Crippen molar-refractivity contribution in [2.45, 2.75) is 25.3 Å². The van der Waals surface area contributed by atoms with Crippen molar-refractivity contribution in [3.8, 4) is 0 Å². The predicted octanol–water partition coefficient (Wildman–Crippen LogP) is 3.88. The summed E-state index contributed by atoms with van der Waals surface area (Å²) in [6.45, 7) is 2.80. The molecule has 1 spiro atoms. The minimum Gasteiger partial charge on any atom is -0.369 e. The summed E-state index contributed by atoms with van der Waals surface area (Å²) < 4.78 is 29.7. The zero-order valence-electron chi connectivity index (χ0n) is 13.5. The van der Waals surface area contributed by atoms with Crippen LogP contribution >= 0.6 is 11.3 Å². The average Bonchev–Trinajstić information content (AvgIpc) is 3.23. The fraction of sp³-hybridized carbons (Fsp3) is 0.500. The molecule has 4 heterocycles. The van der Waals surface area contributed by atoms with Gasteiger partial charge in [-0.25, -0.2) is 8.78 Å². The van der Waals surface area contributed by atoms with Gasteiger partial charge < -0.3 is 4.90 Å². The molecule has 2 aliphatic heterocycles. The number of rotatable bonds is 3. The van der Waals surface area contributed by atoms with E-state index in [0.29, 0.717) is 32.6 Å². The van der Waals surface area contributed by atoms with E-state index in [4.69, 9.17) is 0 Å². The Kier molecular flexibility index (Phi) is 4.04. The molecule has 2 aliphatic rings. The van der Waals surface area contributed by atoms with Crippen molar-refractivity contribution in [1.82, 2.24) is 9.88 Å². The molecule has 1 atom stereocenters. The van der Waals surface area contributed by atoms with Gasteiger partial charge in [-0.1, -0.05) is 6.07 Å². The van der Waals surface area contributed by atoms with Crippen LogP contribution in [0.3, 0.4) is 0 Å². The Hall–Kier alpha value is -1.53. The second-order valence-corrected chi connectivity index (χ2v) is 7.94. The fourth-order valence-corrected chi connectivity index (χ4v) is 4.75. The molecule has 6 heteroatoms. The van der Waals surface area contributed by atoms with Crippen molar-refractivity contribution in [1.29, 1.82) is 0 Å². The van der Waals surface area contributed by atoms with Gasteiger partial charge in [-0.05, 0) is 30.0 Å². The van der Waals surface area contributed by atoms with Gasteiger partial charge in [0.25, 0.3) is 5.92 Å². The first kappa shape index (κ1) is 16.0. The second kappa shape index (κ2) is 6.08. The van der Waals surface area contributed by atoms with Crippen molar-refractivity contribution in [3.05, 3.63) is 46.9 Å². The van der Waals surface area contributed by atoms with E-state index in [9.17, 15) is 8.78 Å². The maximum Gasteiger partial charge on any atom is 0.257 e. The first-order chi connectivity index (χ1) is 11.6. The molecule has 4 rings (SSSR count). The first-order valence-electron chi connectivity index (χ1n) is 8.36. The van der Waals surface area contributed by atoms with Crippen LogP contribution in [-0.2, 0) is 6.54 Å². The summed E-state index contributed by atoms with van der Waals surface area (Å²) in [6, 6.07) is 7.92. The highest BCUT2D eigenvalue weighted by molar-refractivity contribution is 7.09. The molecule has 24 heavy (non-hydrogen) atoms. The molecule has 0 saturated carbocycles. The molecular formula is C18H21F2N3S. The Labute approximate surface area is 144 Å². The van der Waals surface area contributed by atoms with Gasteiger partial charge >= 0.3 is 0 Å². The number of pyridine rings is 1. The van der Waals surface area contributed by atoms with Crippen molar-refractivity contribution in [2.24, 2.45) is 5.41 Å². The molecule has 2 fully saturated rings. The van der Waals surface area contributed by atoms with Crippen LogP contribution in [0, 0.1) is 5.41 Å². The number of likely N-dealkylation sites (tertiary alicyclic amines) is 1. The smallest absolute Gasteiger partial charge is 0.257 e. The summed E-state index contributed by atoms with van der Waals surface area (Å²) in [6.07, 6.45) is 3.98. The topological polar surface area (TPSA) is 19.4 Å². The molecule has 0 bridgehead atoms. The summed E-state index contributed by atoms with van der Waals surface area (Å²) in [4.78, 5) is 9.64. The first-order valence-corrected chi connectivity index (χ1v) is 9.24. The summed E-state index contributed by atoms with van der Waals surface area (Å²) in [5.41, 5.74) is -0.00112. The van der Waals surface area contributed by atoms with Crippen molar-refractivity contribution in [3.63, 3.8) is 0 Å². The molecule has 0 N–H and O–H groups in total. The van der Waals surface area contributed by atoms with E-state index < -0.39 is 11.3 Å². The lowest BCUT2D eigenvalue weighted by Gasteiger charge is -2.46. The number of alkyl halides is 2. The zero-order chi connectivity index (χ0) is 16.6. The monoisotopic (exact) mass is 349 g/mol. The highest BCUT2D eigenvalue weighted by atomic mass is 32.1. The Balaban J connectivity index is 1.53. The fourth-order valence-electron chi connectivity index (χ4n) is 4.01. The molecule has 2 aromatic rings. The number of hydrogen-bond acceptors (Lipinski definition) is 4. The minimum atomic E-state index is -2.60. The van der Waals surface area contributed by atoms with Crippen LogP contribution in [0.5, 0.6) is 0 Å². The Morgan fingerprint density at radius 2 is 2.04 bits per heavy atom. The number of hydrogen-bond donors (Lipinski definition) is 0. The average molecular weight is 349 g/mol. The van der Waals surface area contributed by atoms with E-state index in [1.807, 2.05) is 23.6 Å². The third kappa shape index (κ3) is 2.82. The van der Waals surface area contributed by atoms with Crippen LogP contribution in [0.2, 0.25) is 0 Å². The predicted molar refractivity (Wildman–Crippen MR) is 92.7 cm³/mol. The van der Waals surface area contributed by atoms with Gasteiger partial charge in [-0.15, -0.1) is 11.3 Å². The number of nitrogens with zero attached hydrogens (tertiary/aromatic N) is 3. The molecule has 128 valence electrons. The van der Waals surface area contributed by atoms with Crippen molar-refractivity contribution < 1.29 is 8.78 Å². The van der Waals surface area contributed by atoms with Crippen LogP contribution in [0.4, 0.5) is 14.5 Å². The Bertz CT molecular complexity index is 677. The van der Waals surface area contributed by atoms with Crippen LogP contribution in [0.15, 0.2) is 42.0 Å². The van der Waals surface area contributed by atoms with Gasteiger partial charge in [0, 0.05) is 50.2 Å². The molecule has 1 unspecified atom stereocenters. The maximum absolute atomic E-state index is 14.8. The molecule has 0 amide bonds. The van der Waals surface area contributed by atoms with Crippen LogP contribution in [0.25, 0.3) is 0 Å². The Morgan fingerprint density at radius 1 is 1.12 bits per heavy atom. The summed E-state index contributed by atoms with van der Waals surface area (Å²) in [7, 11) is 0. The SMILES string of the molecule is FC1(F)CCN(Cc2cccs2)CC12CCN(c1cccnc1)C2. The van der Waals surface area contributed by atoms with Gasteiger partial charge in [-0.2, -0.15) is 0 Å². The van der Waals surface area contributed by atoms with Crippen LogP contribution in [0.1, 0.15) is 17.7 Å². The van der Waals surface area contributed by atoms with Gasteiger partial charge in [0.05, 0.1) is 17.3 Å². The molecule has 2 saturated heterocycles. The summed E-state index contributed by atoms with van der Waals surface area (Å²) in [5.74, 6) is -2.60. The third-order valence-corrected chi connectivity index (χ3v) is 6.23. The van der Waals surface area contributed by atoms with E-state index in [0.717, 1.165) is 12.2 Å².